The Morgan fingerprint density at radius 1 is 1.27 bits per heavy atom. The molecule has 0 radical (unpaired) electrons. The number of aryl methyl sites for hydroxylation is 1. The van der Waals surface area contributed by atoms with Crippen LogP contribution in [0.4, 0.5) is 8.78 Å². The van der Waals surface area contributed by atoms with E-state index in [2.05, 4.69) is 6.92 Å². The predicted molar refractivity (Wildman–Crippen MR) is 55.7 cm³/mol. The summed E-state index contributed by atoms with van der Waals surface area (Å²) in [6, 6.07) is 3.42. The molecule has 15 heavy (non-hydrogen) atoms. The second-order valence-corrected chi connectivity index (χ2v) is 3.69. The van der Waals surface area contributed by atoms with E-state index in [1.54, 1.807) is 6.92 Å². The van der Waals surface area contributed by atoms with Crippen molar-refractivity contribution in [2.75, 3.05) is 6.61 Å². The van der Waals surface area contributed by atoms with E-state index in [1.807, 2.05) is 0 Å². The fraction of sp³-hybridized carbons (Fsp3) is 0.500. The summed E-state index contributed by atoms with van der Waals surface area (Å²) in [6.45, 7) is 4.85. The Hall–Kier alpha value is -0.960. The lowest BCUT2D eigenvalue weighted by Gasteiger charge is -1.91. The zero-order chi connectivity index (χ0) is 11.3. The molecule has 1 atom stereocenters. The Balaban J connectivity index is 0.000000162. The highest BCUT2D eigenvalue weighted by molar-refractivity contribution is 5.15. The first-order chi connectivity index (χ1) is 7.11. The standard InChI is InChI=1S/C7H6F2.C5H10O/c1-5-2-6(8)4-7(9)3-5;1-2-3-5-4-6-5/h2-4H,1H3;5H,2-4H2,1H3/t;5-/m.0/s1. The van der Waals surface area contributed by atoms with E-state index in [0.29, 0.717) is 11.7 Å². The smallest absolute Gasteiger partial charge is 0.126 e. The van der Waals surface area contributed by atoms with Crippen LogP contribution in [0, 0.1) is 18.6 Å². The first-order valence-corrected chi connectivity index (χ1v) is 5.16. The van der Waals surface area contributed by atoms with E-state index in [1.165, 1.54) is 25.0 Å². The molecule has 1 aliphatic rings. The lowest BCUT2D eigenvalue weighted by Crippen LogP contribution is -1.80. The van der Waals surface area contributed by atoms with Gasteiger partial charge in [-0.2, -0.15) is 0 Å². The number of halogens is 2. The van der Waals surface area contributed by atoms with Crippen molar-refractivity contribution in [3.05, 3.63) is 35.4 Å². The van der Waals surface area contributed by atoms with Gasteiger partial charge in [0.1, 0.15) is 11.6 Å². The number of hydrogen-bond donors (Lipinski definition) is 0. The third kappa shape index (κ3) is 5.47. The summed E-state index contributed by atoms with van der Waals surface area (Å²) in [4.78, 5) is 0. The summed E-state index contributed by atoms with van der Waals surface area (Å²) in [5.74, 6) is -1.04. The maximum absolute atomic E-state index is 12.2. The number of hydrogen-bond acceptors (Lipinski definition) is 1. The van der Waals surface area contributed by atoms with Gasteiger partial charge < -0.3 is 4.74 Å². The van der Waals surface area contributed by atoms with Crippen LogP contribution in [0.5, 0.6) is 0 Å². The Bertz CT molecular complexity index is 258. The molecule has 0 spiro atoms. The molecule has 1 saturated heterocycles. The monoisotopic (exact) mass is 214 g/mol. The van der Waals surface area contributed by atoms with E-state index in [0.717, 1.165) is 12.7 Å². The van der Waals surface area contributed by atoms with Crippen molar-refractivity contribution in [1.29, 1.82) is 0 Å². The van der Waals surface area contributed by atoms with Gasteiger partial charge in [-0.25, -0.2) is 8.78 Å². The fourth-order valence-electron chi connectivity index (χ4n) is 1.25. The van der Waals surface area contributed by atoms with Crippen molar-refractivity contribution >= 4 is 0 Å². The molecule has 2 rings (SSSR count). The van der Waals surface area contributed by atoms with Gasteiger partial charge in [0.2, 0.25) is 0 Å². The molecule has 0 amide bonds. The van der Waals surface area contributed by atoms with Gasteiger partial charge in [0, 0.05) is 6.07 Å². The molecule has 1 heterocycles. The summed E-state index contributed by atoms with van der Waals surface area (Å²) < 4.78 is 29.3. The van der Waals surface area contributed by atoms with Gasteiger partial charge in [-0.3, -0.25) is 0 Å². The van der Waals surface area contributed by atoms with Gasteiger partial charge in [-0.15, -0.1) is 0 Å². The molecular formula is C12H16F2O. The number of rotatable bonds is 2. The van der Waals surface area contributed by atoms with Crippen LogP contribution in [0.2, 0.25) is 0 Å². The minimum absolute atomic E-state index is 0.521. The highest BCUT2D eigenvalue weighted by Crippen LogP contribution is 2.14. The molecule has 1 aromatic carbocycles. The lowest BCUT2D eigenvalue weighted by atomic mass is 10.2. The van der Waals surface area contributed by atoms with Crippen molar-refractivity contribution in [3.63, 3.8) is 0 Å². The molecule has 0 N–H and O–H groups in total. The Labute approximate surface area is 89.1 Å². The second kappa shape index (κ2) is 5.81. The molecule has 0 unspecified atom stereocenters. The third-order valence-electron chi connectivity index (χ3n) is 2.02. The van der Waals surface area contributed by atoms with E-state index >= 15 is 0 Å². The fourth-order valence-corrected chi connectivity index (χ4v) is 1.25. The normalized spacial score (nSPS) is 18.0. The van der Waals surface area contributed by atoms with Gasteiger partial charge in [0.15, 0.2) is 0 Å². The minimum Gasteiger partial charge on any atom is -0.373 e. The summed E-state index contributed by atoms with van der Waals surface area (Å²) in [7, 11) is 0. The van der Waals surface area contributed by atoms with Crippen molar-refractivity contribution in [2.45, 2.75) is 32.8 Å². The summed E-state index contributed by atoms with van der Waals surface area (Å²) >= 11 is 0. The maximum atomic E-state index is 12.2. The SMILES string of the molecule is CCC[C@H]1CO1.Cc1cc(F)cc(F)c1. The maximum Gasteiger partial charge on any atom is 0.126 e. The summed E-state index contributed by atoms with van der Waals surface area (Å²) in [5, 5.41) is 0. The molecule has 0 aliphatic carbocycles. The Kier molecular flexibility index (Phi) is 4.69. The number of benzene rings is 1. The van der Waals surface area contributed by atoms with Crippen molar-refractivity contribution in [2.24, 2.45) is 0 Å². The zero-order valence-corrected chi connectivity index (χ0v) is 9.09. The molecule has 84 valence electrons. The molecule has 0 saturated carbocycles. The van der Waals surface area contributed by atoms with E-state index < -0.39 is 11.6 Å². The second-order valence-electron chi connectivity index (χ2n) is 3.69. The van der Waals surface area contributed by atoms with Crippen LogP contribution in [0.1, 0.15) is 25.3 Å². The molecule has 0 bridgehead atoms. The van der Waals surface area contributed by atoms with Gasteiger partial charge in [0.05, 0.1) is 12.7 Å². The third-order valence-corrected chi connectivity index (χ3v) is 2.02. The Morgan fingerprint density at radius 3 is 2.07 bits per heavy atom. The largest absolute Gasteiger partial charge is 0.373 e. The van der Waals surface area contributed by atoms with Gasteiger partial charge in [-0.1, -0.05) is 13.3 Å². The summed E-state index contributed by atoms with van der Waals surface area (Å²) in [6.07, 6.45) is 3.18. The molecule has 1 fully saturated rings. The first-order valence-electron chi connectivity index (χ1n) is 5.16. The first kappa shape index (κ1) is 12.1. The highest BCUT2D eigenvalue weighted by atomic mass is 19.1. The highest BCUT2D eigenvalue weighted by Gasteiger charge is 2.19. The average Bonchev–Trinajstić information content (AvgIpc) is 2.86. The molecule has 1 aromatic rings. The van der Waals surface area contributed by atoms with Crippen LogP contribution in [0.25, 0.3) is 0 Å². The summed E-state index contributed by atoms with van der Waals surface area (Å²) in [5.41, 5.74) is 0.604. The quantitative estimate of drug-likeness (QED) is 0.687. The molecule has 3 heteroatoms. The average molecular weight is 214 g/mol. The molecular weight excluding hydrogens is 198 g/mol. The van der Waals surface area contributed by atoms with Gasteiger partial charge in [0.25, 0.3) is 0 Å². The Morgan fingerprint density at radius 2 is 1.80 bits per heavy atom. The van der Waals surface area contributed by atoms with Crippen LogP contribution >= 0.6 is 0 Å². The zero-order valence-electron chi connectivity index (χ0n) is 9.09. The predicted octanol–water partition coefficient (Wildman–Crippen LogP) is 3.46. The van der Waals surface area contributed by atoms with Crippen LogP contribution in [0.15, 0.2) is 18.2 Å². The van der Waals surface area contributed by atoms with Crippen LogP contribution in [-0.2, 0) is 4.74 Å². The minimum atomic E-state index is -0.521. The van der Waals surface area contributed by atoms with Crippen molar-refractivity contribution < 1.29 is 13.5 Å². The van der Waals surface area contributed by atoms with Crippen molar-refractivity contribution in [3.8, 4) is 0 Å². The van der Waals surface area contributed by atoms with E-state index in [4.69, 9.17) is 4.74 Å². The van der Waals surface area contributed by atoms with E-state index in [-0.39, 0.29) is 0 Å². The van der Waals surface area contributed by atoms with Crippen LogP contribution in [0.3, 0.4) is 0 Å². The van der Waals surface area contributed by atoms with Gasteiger partial charge in [-0.05, 0) is 31.0 Å². The van der Waals surface area contributed by atoms with Crippen LogP contribution in [-0.4, -0.2) is 12.7 Å². The van der Waals surface area contributed by atoms with E-state index in [9.17, 15) is 8.78 Å². The van der Waals surface area contributed by atoms with Crippen molar-refractivity contribution in [1.82, 2.24) is 0 Å². The molecule has 1 aliphatic heterocycles. The number of ether oxygens (including phenoxy) is 1. The number of epoxide rings is 1. The van der Waals surface area contributed by atoms with Crippen LogP contribution < -0.4 is 0 Å². The topological polar surface area (TPSA) is 12.5 Å². The molecule has 1 nitrogen and oxygen atoms in total. The molecule has 0 aromatic heterocycles. The lowest BCUT2D eigenvalue weighted by molar-refractivity contribution is 0.395. The van der Waals surface area contributed by atoms with Gasteiger partial charge >= 0.3 is 0 Å².